The van der Waals surface area contributed by atoms with E-state index in [1.54, 1.807) is 24.4 Å². The number of aryl methyl sites for hydroxylation is 2. The van der Waals surface area contributed by atoms with E-state index in [-0.39, 0.29) is 20.6 Å². The van der Waals surface area contributed by atoms with E-state index in [1.165, 1.54) is 30.5 Å². The first-order chi connectivity index (χ1) is 12.7. The second kappa shape index (κ2) is 7.29. The molecule has 3 rings (SSSR count). The molecule has 0 aliphatic rings. The Morgan fingerprint density at radius 3 is 2.22 bits per heavy atom. The molecule has 0 saturated heterocycles. The number of hydrogen-bond acceptors (Lipinski definition) is 6. The molecule has 2 aromatic carbocycles. The molecule has 0 radical (unpaired) electrons. The van der Waals surface area contributed by atoms with E-state index >= 15 is 0 Å². The third kappa shape index (κ3) is 4.46. The number of thiazole rings is 1. The van der Waals surface area contributed by atoms with Crippen LogP contribution in [0.2, 0.25) is 0 Å². The van der Waals surface area contributed by atoms with Crippen LogP contribution in [0.15, 0.2) is 63.8 Å². The molecule has 3 aromatic rings. The number of aromatic nitrogens is 1. The molecule has 0 spiro atoms. The fourth-order valence-electron chi connectivity index (χ4n) is 2.36. The number of benzene rings is 2. The minimum atomic E-state index is -3.79. The van der Waals surface area contributed by atoms with Crippen LogP contribution in [0.25, 0.3) is 0 Å². The molecule has 7 nitrogen and oxygen atoms in total. The fraction of sp³-hybridized carbons (Fsp3) is 0.118. The molecule has 142 valence electrons. The number of nitrogens with one attached hydrogen (secondary N) is 2. The van der Waals surface area contributed by atoms with Crippen molar-refractivity contribution in [2.45, 2.75) is 23.6 Å². The van der Waals surface area contributed by atoms with Crippen molar-refractivity contribution in [2.75, 3.05) is 9.44 Å². The average Bonchev–Trinajstić information content (AvgIpc) is 3.09. The Balaban J connectivity index is 1.82. The Labute approximate surface area is 162 Å². The lowest BCUT2D eigenvalue weighted by atomic mass is 10.2. The van der Waals surface area contributed by atoms with Crippen molar-refractivity contribution in [3.63, 3.8) is 0 Å². The number of anilines is 2. The Morgan fingerprint density at radius 2 is 1.59 bits per heavy atom. The van der Waals surface area contributed by atoms with Crippen molar-refractivity contribution in [2.24, 2.45) is 0 Å². The predicted octanol–water partition coefficient (Wildman–Crippen LogP) is 3.36. The third-order valence-electron chi connectivity index (χ3n) is 3.70. The highest BCUT2D eigenvalue weighted by atomic mass is 32.2. The van der Waals surface area contributed by atoms with Gasteiger partial charge in [-0.1, -0.05) is 12.1 Å². The highest BCUT2D eigenvalue weighted by Gasteiger charge is 2.19. The lowest BCUT2D eigenvalue weighted by molar-refractivity contribution is 0.599. The van der Waals surface area contributed by atoms with E-state index in [2.05, 4.69) is 14.4 Å². The first-order valence-electron chi connectivity index (χ1n) is 7.80. The summed E-state index contributed by atoms with van der Waals surface area (Å²) in [6.07, 6.45) is 1.49. The van der Waals surface area contributed by atoms with Crippen LogP contribution < -0.4 is 9.44 Å². The number of hydrogen-bond donors (Lipinski definition) is 2. The van der Waals surface area contributed by atoms with Gasteiger partial charge in [0.1, 0.15) is 0 Å². The van der Waals surface area contributed by atoms with Crippen LogP contribution in [0.1, 0.15) is 11.1 Å². The van der Waals surface area contributed by atoms with Gasteiger partial charge in [0.2, 0.25) is 0 Å². The second-order valence-corrected chi connectivity index (χ2v) is 10.1. The summed E-state index contributed by atoms with van der Waals surface area (Å²) in [5, 5.41) is 1.91. The summed E-state index contributed by atoms with van der Waals surface area (Å²) in [5.41, 5.74) is 1.72. The summed E-state index contributed by atoms with van der Waals surface area (Å²) >= 11 is 1.16. The Kier molecular flexibility index (Phi) is 5.22. The third-order valence-corrected chi connectivity index (χ3v) is 7.40. The second-order valence-electron chi connectivity index (χ2n) is 5.84. The van der Waals surface area contributed by atoms with E-state index in [0.717, 1.165) is 16.9 Å². The summed E-state index contributed by atoms with van der Waals surface area (Å²) in [6, 6.07) is 10.6. The van der Waals surface area contributed by atoms with E-state index in [9.17, 15) is 16.8 Å². The van der Waals surface area contributed by atoms with Crippen LogP contribution in [-0.4, -0.2) is 21.8 Å². The summed E-state index contributed by atoms with van der Waals surface area (Å²) in [7, 11) is -7.57. The quantitative estimate of drug-likeness (QED) is 0.632. The average molecular weight is 424 g/mol. The fourth-order valence-corrected chi connectivity index (χ4v) is 5.53. The van der Waals surface area contributed by atoms with Crippen LogP contribution in [-0.2, 0) is 20.0 Å². The molecule has 0 atom stereocenters. The molecule has 0 fully saturated rings. The van der Waals surface area contributed by atoms with Crippen molar-refractivity contribution in [3.05, 3.63) is 65.2 Å². The number of nitrogens with zero attached hydrogens (tertiary/aromatic N) is 1. The molecule has 1 heterocycles. The van der Waals surface area contributed by atoms with Gasteiger partial charge in [0.05, 0.1) is 9.79 Å². The van der Waals surface area contributed by atoms with Gasteiger partial charge in [0.25, 0.3) is 20.0 Å². The molecule has 0 aliphatic heterocycles. The maximum Gasteiger partial charge on any atom is 0.263 e. The summed E-state index contributed by atoms with van der Waals surface area (Å²) < 4.78 is 54.7. The lowest BCUT2D eigenvalue weighted by Gasteiger charge is -2.12. The van der Waals surface area contributed by atoms with Gasteiger partial charge in [-0.15, -0.1) is 11.3 Å². The van der Waals surface area contributed by atoms with Crippen molar-refractivity contribution in [1.29, 1.82) is 0 Å². The minimum absolute atomic E-state index is 0.00684. The molecular weight excluding hydrogens is 406 g/mol. The molecule has 0 saturated carbocycles. The predicted molar refractivity (Wildman–Crippen MR) is 106 cm³/mol. The highest BCUT2D eigenvalue weighted by Crippen LogP contribution is 2.23. The van der Waals surface area contributed by atoms with Crippen LogP contribution in [0, 0.1) is 13.8 Å². The molecular formula is C17H17N3O4S3. The lowest BCUT2D eigenvalue weighted by Crippen LogP contribution is -2.15. The Hall–Kier alpha value is -2.43. The van der Waals surface area contributed by atoms with Gasteiger partial charge >= 0.3 is 0 Å². The van der Waals surface area contributed by atoms with Gasteiger partial charge in [-0.2, -0.15) is 0 Å². The van der Waals surface area contributed by atoms with Crippen molar-refractivity contribution in [3.8, 4) is 0 Å². The zero-order valence-corrected chi connectivity index (χ0v) is 17.0. The smallest absolute Gasteiger partial charge is 0.263 e. The van der Waals surface area contributed by atoms with Gasteiger partial charge in [-0.05, 0) is 55.3 Å². The molecule has 0 bridgehead atoms. The van der Waals surface area contributed by atoms with Crippen LogP contribution in [0.5, 0.6) is 0 Å². The first kappa shape index (κ1) is 19.3. The Morgan fingerprint density at radius 1 is 0.889 bits per heavy atom. The van der Waals surface area contributed by atoms with Gasteiger partial charge in [0, 0.05) is 17.3 Å². The normalized spacial score (nSPS) is 11.9. The topological polar surface area (TPSA) is 105 Å². The minimum Gasteiger partial charge on any atom is -0.280 e. The monoisotopic (exact) mass is 423 g/mol. The SMILES string of the molecule is Cc1ccc(C)c(S(=O)(=O)Nc2ccc(S(=O)(=O)Nc3nccs3)cc2)c1. The van der Waals surface area contributed by atoms with Gasteiger partial charge in [0.15, 0.2) is 5.13 Å². The summed E-state index contributed by atoms with van der Waals surface area (Å²) in [5.74, 6) is 0. The van der Waals surface area contributed by atoms with E-state index < -0.39 is 20.0 Å². The van der Waals surface area contributed by atoms with Gasteiger partial charge in [-0.25, -0.2) is 21.8 Å². The van der Waals surface area contributed by atoms with Crippen LogP contribution in [0.3, 0.4) is 0 Å². The Bertz CT molecular complexity index is 1150. The zero-order valence-electron chi connectivity index (χ0n) is 14.5. The highest BCUT2D eigenvalue weighted by molar-refractivity contribution is 7.93. The van der Waals surface area contributed by atoms with Gasteiger partial charge < -0.3 is 0 Å². The maximum absolute atomic E-state index is 12.6. The van der Waals surface area contributed by atoms with Crippen LogP contribution in [0.4, 0.5) is 10.8 Å². The standard InChI is InChI=1S/C17H17N3O4S3/c1-12-3-4-13(2)16(11-12)27(23,24)19-14-5-7-15(8-6-14)26(21,22)20-17-18-9-10-25-17/h3-11,19H,1-2H3,(H,18,20). The van der Waals surface area contributed by atoms with Crippen LogP contribution >= 0.6 is 11.3 Å². The number of rotatable bonds is 6. The molecule has 0 unspecified atom stereocenters. The summed E-state index contributed by atoms with van der Waals surface area (Å²) in [4.78, 5) is 4.07. The van der Waals surface area contributed by atoms with Gasteiger partial charge in [-0.3, -0.25) is 9.44 Å². The molecule has 1 aromatic heterocycles. The molecule has 0 amide bonds. The van der Waals surface area contributed by atoms with Crippen molar-refractivity contribution in [1.82, 2.24) is 4.98 Å². The van der Waals surface area contributed by atoms with E-state index in [0.29, 0.717) is 5.56 Å². The molecule has 2 N–H and O–H groups in total. The molecule has 10 heteroatoms. The van der Waals surface area contributed by atoms with E-state index in [1.807, 2.05) is 13.0 Å². The molecule has 0 aliphatic carbocycles. The first-order valence-corrected chi connectivity index (χ1v) is 11.6. The zero-order chi connectivity index (χ0) is 19.7. The largest absolute Gasteiger partial charge is 0.280 e. The maximum atomic E-state index is 12.6. The number of sulfonamides is 2. The summed E-state index contributed by atoms with van der Waals surface area (Å²) in [6.45, 7) is 3.53. The molecule has 27 heavy (non-hydrogen) atoms. The van der Waals surface area contributed by atoms with E-state index in [4.69, 9.17) is 0 Å². The van der Waals surface area contributed by atoms with Crippen molar-refractivity contribution < 1.29 is 16.8 Å². The van der Waals surface area contributed by atoms with Crippen molar-refractivity contribution >= 4 is 42.2 Å².